The van der Waals surface area contributed by atoms with Gasteiger partial charge in [-0.15, -0.1) is 0 Å². The summed E-state index contributed by atoms with van der Waals surface area (Å²) in [5.74, 6) is -2.94. The van der Waals surface area contributed by atoms with Crippen LogP contribution < -0.4 is 14.3 Å². The van der Waals surface area contributed by atoms with E-state index in [9.17, 15) is 38.1 Å². The fourth-order valence-corrected chi connectivity index (χ4v) is 3.59. The molecular formula is C21H19NO11S. The van der Waals surface area contributed by atoms with Crippen LogP contribution in [0.5, 0.6) is 23.0 Å². The second-order valence-corrected chi connectivity index (χ2v) is 8.29. The third-order valence-corrected chi connectivity index (χ3v) is 5.11. The number of ether oxygens (including phenoxy) is 1. The lowest BCUT2D eigenvalue weighted by Gasteiger charge is -2.16. The van der Waals surface area contributed by atoms with Gasteiger partial charge in [-0.05, 0) is 32.4 Å². The molecule has 0 bridgehead atoms. The fraction of sp³-hybridized carbons (Fsp3) is 0.190. The Morgan fingerprint density at radius 3 is 2.47 bits per heavy atom. The first-order valence-electron chi connectivity index (χ1n) is 9.50. The van der Waals surface area contributed by atoms with Crippen molar-refractivity contribution in [2.24, 2.45) is 0 Å². The number of nitro benzene ring substituents is 1. The van der Waals surface area contributed by atoms with E-state index < -0.39 is 54.8 Å². The van der Waals surface area contributed by atoms with Crippen molar-refractivity contribution in [2.45, 2.75) is 20.3 Å². The average Bonchev–Trinajstić information content (AvgIpc) is 2.73. The van der Waals surface area contributed by atoms with Gasteiger partial charge in [0.05, 0.1) is 12.0 Å². The van der Waals surface area contributed by atoms with Gasteiger partial charge in [0.15, 0.2) is 17.3 Å². The van der Waals surface area contributed by atoms with Crippen LogP contribution in [0, 0.1) is 10.1 Å². The minimum atomic E-state index is -5.27. The molecule has 0 atom stereocenters. The topological polar surface area (TPSA) is 189 Å². The molecule has 34 heavy (non-hydrogen) atoms. The highest BCUT2D eigenvalue weighted by atomic mass is 32.3. The first-order valence-corrected chi connectivity index (χ1v) is 10.8. The number of nitrogens with zero attached hydrogens (tertiary/aromatic N) is 1. The van der Waals surface area contributed by atoms with E-state index in [1.807, 2.05) is 0 Å². The first-order chi connectivity index (χ1) is 15.8. The van der Waals surface area contributed by atoms with Crippen LogP contribution in [0.1, 0.15) is 20.8 Å². The highest BCUT2D eigenvalue weighted by Crippen LogP contribution is 2.41. The number of benzene rings is 2. The molecule has 13 heteroatoms. The van der Waals surface area contributed by atoms with Crippen molar-refractivity contribution in [1.29, 1.82) is 0 Å². The number of hydrogen-bond donors (Lipinski definition) is 2. The number of allylic oxidation sites excluding steroid dienone is 2. The predicted octanol–water partition coefficient (Wildman–Crippen LogP) is 3.25. The quantitative estimate of drug-likeness (QED) is 0.161. The number of aromatic hydroxyl groups is 2. The van der Waals surface area contributed by atoms with E-state index >= 15 is 0 Å². The van der Waals surface area contributed by atoms with E-state index in [4.69, 9.17) is 9.15 Å². The minimum Gasteiger partial charge on any atom is -0.716 e. The van der Waals surface area contributed by atoms with E-state index in [2.05, 4.69) is 4.18 Å². The second kappa shape index (κ2) is 9.03. The number of phenols is 1. The number of nitro groups is 1. The highest BCUT2D eigenvalue weighted by molar-refractivity contribution is 7.81. The van der Waals surface area contributed by atoms with Gasteiger partial charge in [0.1, 0.15) is 16.7 Å². The summed E-state index contributed by atoms with van der Waals surface area (Å²) in [4.78, 5) is 23.5. The summed E-state index contributed by atoms with van der Waals surface area (Å²) >= 11 is 0. The molecule has 180 valence electrons. The van der Waals surface area contributed by atoms with Gasteiger partial charge in [-0.25, -0.2) is 8.42 Å². The summed E-state index contributed by atoms with van der Waals surface area (Å²) in [7, 11) is -4.05. The van der Waals surface area contributed by atoms with Crippen LogP contribution >= 0.6 is 0 Å². The van der Waals surface area contributed by atoms with Gasteiger partial charge in [-0.3, -0.25) is 14.9 Å². The summed E-state index contributed by atoms with van der Waals surface area (Å²) in [6.45, 7) is 3.47. The van der Waals surface area contributed by atoms with Crippen LogP contribution in [0.3, 0.4) is 0 Å². The largest absolute Gasteiger partial charge is 1.00 e. The lowest BCUT2D eigenvalue weighted by molar-refractivity contribution is -0.385. The molecule has 2 N–H and O–H groups in total. The molecule has 0 amide bonds. The van der Waals surface area contributed by atoms with Crippen molar-refractivity contribution in [2.75, 3.05) is 7.11 Å². The molecule has 0 saturated heterocycles. The maximum Gasteiger partial charge on any atom is 1.00 e. The van der Waals surface area contributed by atoms with Crippen molar-refractivity contribution >= 4 is 27.1 Å². The molecular weight excluding hydrogens is 474 g/mol. The van der Waals surface area contributed by atoms with Gasteiger partial charge in [-0.1, -0.05) is 11.6 Å². The zero-order valence-electron chi connectivity index (χ0n) is 19.0. The van der Waals surface area contributed by atoms with Gasteiger partial charge >= 0.3 is 7.11 Å². The molecule has 1 heterocycles. The molecule has 0 aliphatic heterocycles. The highest BCUT2D eigenvalue weighted by Gasteiger charge is 2.25. The first kappa shape index (κ1) is 24.5. The Morgan fingerprint density at radius 1 is 1.24 bits per heavy atom. The lowest BCUT2D eigenvalue weighted by Crippen LogP contribution is -2.11. The van der Waals surface area contributed by atoms with Crippen LogP contribution in [0.15, 0.2) is 45.1 Å². The molecule has 0 saturated carbocycles. The Kier molecular flexibility index (Phi) is 6.52. The molecule has 1 aromatic heterocycles. The molecule has 3 rings (SSSR count). The monoisotopic (exact) mass is 493 g/mol. The predicted molar refractivity (Wildman–Crippen MR) is 119 cm³/mol. The van der Waals surface area contributed by atoms with Crippen molar-refractivity contribution in [1.82, 2.24) is 0 Å². The molecule has 0 spiro atoms. The lowest BCUT2D eigenvalue weighted by atomic mass is 10.0. The van der Waals surface area contributed by atoms with Crippen molar-refractivity contribution in [3.8, 4) is 34.3 Å². The van der Waals surface area contributed by atoms with Gasteiger partial charge in [0.25, 0.3) is 10.4 Å². The fourth-order valence-electron chi connectivity index (χ4n) is 3.22. The summed E-state index contributed by atoms with van der Waals surface area (Å²) in [6, 6.07) is 4.26. The van der Waals surface area contributed by atoms with Crippen molar-refractivity contribution in [3.05, 3.63) is 61.8 Å². The summed E-state index contributed by atoms with van der Waals surface area (Å²) in [5, 5.41) is 31.7. The molecule has 0 fully saturated rings. The van der Waals surface area contributed by atoms with E-state index in [0.29, 0.717) is 0 Å². The summed E-state index contributed by atoms with van der Waals surface area (Å²) in [5.41, 5.74) is -1.35. The molecule has 0 aliphatic carbocycles. The zero-order valence-corrected chi connectivity index (χ0v) is 18.8. The number of fused-ring (bicyclic) bond motifs is 1. The van der Waals surface area contributed by atoms with Gasteiger partial charge in [0, 0.05) is 23.3 Å². The molecule has 0 aliphatic rings. The Balaban J connectivity index is 0.00000432. The van der Waals surface area contributed by atoms with Crippen molar-refractivity contribution < 1.29 is 42.9 Å². The molecule has 12 nitrogen and oxygen atoms in total. The SMILES string of the molecule is COc1ccc(-c2oc3c(CC=C(C)C)c(OS(=O)(=O)[O-])cc(O)c3c(=O)c2O)cc1[N+](=O)[O-].[H+]. The molecule has 0 unspecified atom stereocenters. The summed E-state index contributed by atoms with van der Waals surface area (Å²) in [6.07, 6.45) is 1.53. The van der Waals surface area contributed by atoms with Crippen LogP contribution in [0.25, 0.3) is 22.3 Å². The van der Waals surface area contributed by atoms with Crippen molar-refractivity contribution in [3.63, 3.8) is 0 Å². The van der Waals surface area contributed by atoms with E-state index in [1.54, 1.807) is 19.9 Å². The minimum absolute atomic E-state index is 0. The average molecular weight is 493 g/mol. The normalized spacial score (nSPS) is 11.3. The maximum absolute atomic E-state index is 12.9. The summed E-state index contributed by atoms with van der Waals surface area (Å²) < 4.78 is 48.7. The van der Waals surface area contributed by atoms with Gasteiger partial charge in [0.2, 0.25) is 11.2 Å². The second-order valence-electron chi connectivity index (χ2n) is 7.31. The number of phenolic OH excluding ortho intramolecular Hbond substituents is 1. The van der Waals surface area contributed by atoms with Gasteiger partial charge in [-0.2, -0.15) is 0 Å². The molecule has 3 aromatic rings. The Bertz CT molecular complexity index is 1510. The smallest absolute Gasteiger partial charge is 0.716 e. The zero-order chi connectivity index (χ0) is 25.4. The van der Waals surface area contributed by atoms with E-state index in [1.165, 1.54) is 19.2 Å². The van der Waals surface area contributed by atoms with E-state index in [0.717, 1.165) is 17.7 Å². The Hall–Kier alpha value is -4.10. The molecule has 2 aromatic carbocycles. The number of hydrogen-bond acceptors (Lipinski definition) is 11. The number of rotatable bonds is 7. The van der Waals surface area contributed by atoms with Crippen LogP contribution in [-0.4, -0.2) is 35.2 Å². The number of methoxy groups -OCH3 is 1. The van der Waals surface area contributed by atoms with Crippen LogP contribution in [-0.2, 0) is 16.8 Å². The maximum atomic E-state index is 12.9. The Labute approximate surface area is 193 Å². The van der Waals surface area contributed by atoms with Gasteiger partial charge < -0.3 is 28.1 Å². The standard InChI is InChI=1S/C21H19NO11S/c1-10(2)4-6-12-16(33-34(28,29)30)9-14(23)17-18(24)19(25)20(32-21(12)17)11-5-7-15(31-3)13(8-11)22(26)27/h4-5,7-9,23,25H,6H2,1-3H3,(H,28,29,30). The third-order valence-electron chi connectivity index (χ3n) is 4.73. The Morgan fingerprint density at radius 2 is 1.91 bits per heavy atom. The molecule has 0 radical (unpaired) electrons. The third kappa shape index (κ3) is 4.79. The van der Waals surface area contributed by atoms with Crippen LogP contribution in [0.4, 0.5) is 5.69 Å². The van der Waals surface area contributed by atoms with E-state index in [-0.39, 0.29) is 30.3 Å². The van der Waals surface area contributed by atoms with Crippen LogP contribution in [0.2, 0.25) is 0 Å².